The quantitative estimate of drug-likeness (QED) is 0.547. The van der Waals surface area contributed by atoms with Gasteiger partial charge in [-0.25, -0.2) is 13.4 Å². The van der Waals surface area contributed by atoms with Crippen LogP contribution in [0.1, 0.15) is 19.5 Å². The maximum Gasteiger partial charge on any atom is 0.175 e. The van der Waals surface area contributed by atoms with E-state index in [9.17, 15) is 8.42 Å². The molecule has 0 atom stereocenters. The van der Waals surface area contributed by atoms with Crippen LogP contribution in [0.4, 0.5) is 0 Å². The molecule has 142 valence electrons. The Morgan fingerprint density at radius 3 is 2.26 bits per heavy atom. The summed E-state index contributed by atoms with van der Waals surface area (Å²) < 4.78 is 25.4. The standard InChI is InChI=1S/C20H21ClN2O2S2/c1-14(2)26-13-17-12-23(18-8-10-19(11-9-18)27(3,24)25)20(22-17)15-4-6-16(21)7-5-15/h4-12,14H,13H2,1-3H3. The highest BCUT2D eigenvalue weighted by Gasteiger charge is 2.14. The van der Waals surface area contributed by atoms with Crippen LogP contribution in [0, 0.1) is 0 Å². The zero-order valence-corrected chi connectivity index (χ0v) is 17.8. The molecular formula is C20H21ClN2O2S2. The topological polar surface area (TPSA) is 52.0 Å². The molecule has 0 saturated carbocycles. The zero-order chi connectivity index (χ0) is 19.6. The van der Waals surface area contributed by atoms with Crippen molar-refractivity contribution in [2.45, 2.75) is 29.7 Å². The summed E-state index contributed by atoms with van der Waals surface area (Å²) in [6.07, 6.45) is 3.22. The van der Waals surface area contributed by atoms with Crippen molar-refractivity contribution in [3.05, 3.63) is 65.4 Å². The molecule has 0 aliphatic rings. The number of imidazole rings is 1. The third-order valence-electron chi connectivity index (χ3n) is 3.97. The minimum Gasteiger partial charge on any atom is -0.299 e. The molecule has 0 amide bonds. The van der Waals surface area contributed by atoms with E-state index in [1.807, 2.05) is 46.8 Å². The number of aromatic nitrogens is 2. The fourth-order valence-corrected chi connectivity index (χ4v) is 4.00. The van der Waals surface area contributed by atoms with Crippen molar-refractivity contribution in [1.82, 2.24) is 9.55 Å². The highest BCUT2D eigenvalue weighted by atomic mass is 35.5. The van der Waals surface area contributed by atoms with Crippen molar-refractivity contribution in [2.75, 3.05) is 6.26 Å². The summed E-state index contributed by atoms with van der Waals surface area (Å²) in [4.78, 5) is 5.11. The molecule has 0 fully saturated rings. The van der Waals surface area contributed by atoms with E-state index in [0.717, 1.165) is 28.5 Å². The van der Waals surface area contributed by atoms with E-state index in [-0.39, 0.29) is 0 Å². The maximum absolute atomic E-state index is 11.7. The summed E-state index contributed by atoms with van der Waals surface area (Å²) >= 11 is 7.85. The first kappa shape index (κ1) is 20.0. The number of hydrogen-bond acceptors (Lipinski definition) is 4. The average molecular weight is 421 g/mol. The van der Waals surface area contributed by atoms with Crippen LogP contribution in [0.25, 0.3) is 17.1 Å². The summed E-state index contributed by atoms with van der Waals surface area (Å²) in [7, 11) is -3.22. The summed E-state index contributed by atoms with van der Waals surface area (Å²) in [5.41, 5.74) is 2.79. The molecule has 0 spiro atoms. The Morgan fingerprint density at radius 1 is 1.07 bits per heavy atom. The Kier molecular flexibility index (Phi) is 5.99. The van der Waals surface area contributed by atoms with Gasteiger partial charge in [-0.05, 0) is 53.8 Å². The molecule has 0 N–H and O–H groups in total. The van der Waals surface area contributed by atoms with Crippen molar-refractivity contribution >= 4 is 33.2 Å². The van der Waals surface area contributed by atoms with Crippen LogP contribution >= 0.6 is 23.4 Å². The summed E-state index contributed by atoms with van der Waals surface area (Å²) in [5, 5.41) is 1.19. The van der Waals surface area contributed by atoms with Crippen LogP contribution in [-0.4, -0.2) is 29.5 Å². The molecule has 3 aromatic rings. The van der Waals surface area contributed by atoms with Gasteiger partial charge >= 0.3 is 0 Å². The monoisotopic (exact) mass is 420 g/mol. The van der Waals surface area contributed by atoms with Gasteiger partial charge in [0.1, 0.15) is 5.82 Å². The van der Waals surface area contributed by atoms with Gasteiger partial charge in [0, 0.05) is 34.5 Å². The first-order chi connectivity index (χ1) is 12.7. The SMILES string of the molecule is CC(C)SCc1cn(-c2ccc(S(C)(=O)=O)cc2)c(-c2ccc(Cl)cc2)n1. The van der Waals surface area contributed by atoms with Crippen LogP contribution in [0.2, 0.25) is 5.02 Å². The van der Waals surface area contributed by atoms with E-state index < -0.39 is 9.84 Å². The summed E-state index contributed by atoms with van der Waals surface area (Å²) in [6.45, 7) is 4.32. The average Bonchev–Trinajstić information content (AvgIpc) is 3.04. The van der Waals surface area contributed by atoms with Crippen LogP contribution < -0.4 is 0 Å². The van der Waals surface area contributed by atoms with E-state index in [1.54, 1.807) is 24.3 Å². The van der Waals surface area contributed by atoms with Crippen LogP contribution in [0.15, 0.2) is 59.6 Å². The molecule has 0 aliphatic heterocycles. The Balaban J connectivity index is 2.05. The molecular weight excluding hydrogens is 400 g/mol. The molecule has 2 aromatic carbocycles. The maximum atomic E-state index is 11.7. The van der Waals surface area contributed by atoms with Crippen molar-refractivity contribution < 1.29 is 8.42 Å². The number of hydrogen-bond donors (Lipinski definition) is 0. The van der Waals surface area contributed by atoms with Crippen LogP contribution in [-0.2, 0) is 15.6 Å². The Morgan fingerprint density at radius 2 is 1.70 bits per heavy atom. The second kappa shape index (κ2) is 8.09. The molecule has 1 aromatic heterocycles. The molecule has 0 radical (unpaired) electrons. The molecule has 0 bridgehead atoms. The zero-order valence-electron chi connectivity index (χ0n) is 15.4. The third kappa shape index (κ3) is 4.94. The largest absolute Gasteiger partial charge is 0.299 e. The minimum atomic E-state index is -3.22. The lowest BCUT2D eigenvalue weighted by Gasteiger charge is -2.09. The number of thioether (sulfide) groups is 1. The van der Waals surface area contributed by atoms with Gasteiger partial charge in [0.15, 0.2) is 9.84 Å². The Bertz CT molecular complexity index is 1020. The van der Waals surface area contributed by atoms with Crippen LogP contribution in [0.3, 0.4) is 0 Å². The third-order valence-corrected chi connectivity index (χ3v) is 6.48. The van der Waals surface area contributed by atoms with Crippen LogP contribution in [0.5, 0.6) is 0 Å². The number of sulfone groups is 1. The fraction of sp³-hybridized carbons (Fsp3) is 0.250. The van der Waals surface area contributed by atoms with Gasteiger partial charge < -0.3 is 0 Å². The normalized spacial score (nSPS) is 11.9. The number of benzene rings is 2. The van der Waals surface area contributed by atoms with E-state index >= 15 is 0 Å². The van der Waals surface area contributed by atoms with Gasteiger partial charge in [-0.15, -0.1) is 0 Å². The molecule has 27 heavy (non-hydrogen) atoms. The number of rotatable bonds is 6. The highest BCUT2D eigenvalue weighted by Crippen LogP contribution is 2.27. The molecule has 0 saturated heterocycles. The van der Waals surface area contributed by atoms with E-state index in [2.05, 4.69) is 13.8 Å². The molecule has 0 unspecified atom stereocenters. The lowest BCUT2D eigenvalue weighted by atomic mass is 10.2. The molecule has 3 rings (SSSR count). The lowest BCUT2D eigenvalue weighted by molar-refractivity contribution is 0.602. The van der Waals surface area contributed by atoms with Gasteiger partial charge in [-0.1, -0.05) is 25.4 Å². The first-order valence-electron chi connectivity index (χ1n) is 8.50. The van der Waals surface area contributed by atoms with Gasteiger partial charge in [0.05, 0.1) is 10.6 Å². The van der Waals surface area contributed by atoms with Crippen molar-refractivity contribution in [2.24, 2.45) is 0 Å². The Hall–Kier alpha value is -1.76. The van der Waals surface area contributed by atoms with Gasteiger partial charge in [0.25, 0.3) is 0 Å². The summed E-state index contributed by atoms with van der Waals surface area (Å²) in [6, 6.07) is 14.4. The number of nitrogens with zero attached hydrogens (tertiary/aromatic N) is 2. The van der Waals surface area contributed by atoms with Crippen molar-refractivity contribution in [3.8, 4) is 17.1 Å². The smallest absolute Gasteiger partial charge is 0.175 e. The fourth-order valence-electron chi connectivity index (χ4n) is 2.60. The van der Waals surface area contributed by atoms with Gasteiger partial charge in [-0.3, -0.25) is 4.57 Å². The number of halogens is 1. The molecule has 4 nitrogen and oxygen atoms in total. The predicted molar refractivity (Wildman–Crippen MR) is 114 cm³/mol. The van der Waals surface area contributed by atoms with E-state index in [1.165, 1.54) is 6.26 Å². The van der Waals surface area contributed by atoms with Gasteiger partial charge in [-0.2, -0.15) is 11.8 Å². The molecule has 1 heterocycles. The lowest BCUT2D eigenvalue weighted by Crippen LogP contribution is -1.99. The first-order valence-corrected chi connectivity index (χ1v) is 11.8. The molecule has 0 aliphatic carbocycles. The van der Waals surface area contributed by atoms with Gasteiger partial charge in [0.2, 0.25) is 0 Å². The predicted octanol–water partition coefficient (Wildman–Crippen LogP) is 5.24. The van der Waals surface area contributed by atoms with E-state index in [0.29, 0.717) is 15.2 Å². The highest BCUT2D eigenvalue weighted by molar-refractivity contribution is 7.99. The molecule has 7 heteroatoms. The minimum absolute atomic E-state index is 0.301. The summed E-state index contributed by atoms with van der Waals surface area (Å²) in [5.74, 6) is 1.62. The second-order valence-corrected chi connectivity index (χ2v) is 10.6. The van der Waals surface area contributed by atoms with Crippen molar-refractivity contribution in [1.29, 1.82) is 0 Å². The van der Waals surface area contributed by atoms with E-state index in [4.69, 9.17) is 16.6 Å². The second-order valence-electron chi connectivity index (χ2n) is 6.56. The Labute approximate surface area is 169 Å². The van der Waals surface area contributed by atoms with Crippen molar-refractivity contribution in [3.63, 3.8) is 0 Å².